The lowest BCUT2D eigenvalue weighted by Gasteiger charge is -2.29. The molecular weight excluding hydrogens is 250 g/mol. The van der Waals surface area contributed by atoms with E-state index in [1.165, 1.54) is 12.8 Å². The largest absolute Gasteiger partial charge is 0.444 e. The average molecular weight is 285 g/mol. The first-order valence-electron chi connectivity index (χ1n) is 8.24. The van der Waals surface area contributed by atoms with Gasteiger partial charge in [-0.05, 0) is 52.4 Å². The Morgan fingerprint density at radius 2 is 1.90 bits per heavy atom. The molecule has 1 fully saturated rings. The van der Waals surface area contributed by atoms with Crippen molar-refractivity contribution < 1.29 is 9.53 Å². The molecule has 0 radical (unpaired) electrons. The molecule has 1 aliphatic heterocycles. The van der Waals surface area contributed by atoms with Crippen LogP contribution in [0.15, 0.2) is 0 Å². The SMILES string of the molecule is CC.CCC(C)CC1CCN(C(=O)OC(C)(C)C)C1C. The van der Waals surface area contributed by atoms with E-state index in [0.717, 1.165) is 18.9 Å². The molecule has 1 heterocycles. The highest BCUT2D eigenvalue weighted by Crippen LogP contribution is 2.31. The first-order chi connectivity index (χ1) is 9.24. The third kappa shape index (κ3) is 6.15. The summed E-state index contributed by atoms with van der Waals surface area (Å²) in [5, 5.41) is 0. The molecule has 3 nitrogen and oxygen atoms in total. The Bertz CT molecular complexity index is 283. The Morgan fingerprint density at radius 3 is 2.35 bits per heavy atom. The molecule has 3 atom stereocenters. The molecule has 0 aromatic carbocycles. The van der Waals surface area contributed by atoms with E-state index in [0.29, 0.717) is 12.0 Å². The molecule has 0 bridgehead atoms. The van der Waals surface area contributed by atoms with Gasteiger partial charge in [0.15, 0.2) is 0 Å². The Kier molecular flexibility index (Phi) is 8.22. The number of hydrogen-bond donors (Lipinski definition) is 0. The van der Waals surface area contributed by atoms with E-state index in [1.807, 2.05) is 39.5 Å². The molecule has 1 amide bonds. The summed E-state index contributed by atoms with van der Waals surface area (Å²) in [6, 6.07) is 0.314. The number of ether oxygens (including phenoxy) is 1. The molecule has 0 aromatic heterocycles. The van der Waals surface area contributed by atoms with E-state index < -0.39 is 5.60 Å². The minimum atomic E-state index is -0.397. The van der Waals surface area contributed by atoms with Gasteiger partial charge >= 0.3 is 6.09 Å². The van der Waals surface area contributed by atoms with Crippen molar-refractivity contribution in [1.29, 1.82) is 0 Å². The molecule has 1 saturated heterocycles. The predicted octanol–water partition coefficient (Wildman–Crippen LogP) is 5.09. The fourth-order valence-electron chi connectivity index (χ4n) is 2.58. The molecule has 0 aliphatic carbocycles. The molecule has 0 saturated carbocycles. The number of carbonyl (C=O) groups is 1. The van der Waals surface area contributed by atoms with Gasteiger partial charge in [0.05, 0.1) is 0 Å². The van der Waals surface area contributed by atoms with Crippen molar-refractivity contribution in [2.24, 2.45) is 11.8 Å². The van der Waals surface area contributed by atoms with E-state index in [2.05, 4.69) is 20.8 Å². The molecule has 0 spiro atoms. The Hall–Kier alpha value is -0.730. The van der Waals surface area contributed by atoms with Gasteiger partial charge in [0, 0.05) is 12.6 Å². The second kappa shape index (κ2) is 8.53. The van der Waals surface area contributed by atoms with Crippen LogP contribution in [0, 0.1) is 11.8 Å². The zero-order valence-electron chi connectivity index (χ0n) is 14.8. The topological polar surface area (TPSA) is 29.5 Å². The molecule has 0 aromatic rings. The smallest absolute Gasteiger partial charge is 0.410 e. The van der Waals surface area contributed by atoms with Gasteiger partial charge in [-0.1, -0.05) is 34.1 Å². The third-order valence-corrected chi connectivity index (χ3v) is 3.94. The normalized spacial score (nSPS) is 23.9. The summed E-state index contributed by atoms with van der Waals surface area (Å²) in [6.45, 7) is 17.3. The summed E-state index contributed by atoms with van der Waals surface area (Å²) in [6.07, 6.45) is 3.40. The van der Waals surface area contributed by atoms with Crippen molar-refractivity contribution in [3.8, 4) is 0 Å². The van der Waals surface area contributed by atoms with Crippen molar-refractivity contribution in [3.05, 3.63) is 0 Å². The predicted molar refractivity (Wildman–Crippen MR) is 85.9 cm³/mol. The van der Waals surface area contributed by atoms with Gasteiger partial charge < -0.3 is 9.64 Å². The maximum absolute atomic E-state index is 12.1. The monoisotopic (exact) mass is 285 g/mol. The molecule has 1 aliphatic rings. The van der Waals surface area contributed by atoms with Gasteiger partial charge in [-0.2, -0.15) is 0 Å². The highest BCUT2D eigenvalue weighted by molar-refractivity contribution is 5.69. The first-order valence-corrected chi connectivity index (χ1v) is 8.24. The maximum Gasteiger partial charge on any atom is 0.410 e. The van der Waals surface area contributed by atoms with Gasteiger partial charge in [0.2, 0.25) is 0 Å². The molecular formula is C17H35NO2. The fourth-order valence-corrected chi connectivity index (χ4v) is 2.58. The van der Waals surface area contributed by atoms with Crippen LogP contribution in [0.2, 0.25) is 0 Å². The summed E-state index contributed by atoms with van der Waals surface area (Å²) in [4.78, 5) is 14.0. The molecule has 120 valence electrons. The van der Waals surface area contributed by atoms with Gasteiger partial charge in [0.1, 0.15) is 5.60 Å². The Morgan fingerprint density at radius 1 is 1.35 bits per heavy atom. The average Bonchev–Trinajstić information content (AvgIpc) is 2.71. The number of rotatable bonds is 3. The van der Waals surface area contributed by atoms with Crippen LogP contribution in [0.4, 0.5) is 4.79 Å². The van der Waals surface area contributed by atoms with E-state index >= 15 is 0 Å². The van der Waals surface area contributed by atoms with Gasteiger partial charge in [-0.25, -0.2) is 4.79 Å². The van der Waals surface area contributed by atoms with Gasteiger partial charge in [0.25, 0.3) is 0 Å². The van der Waals surface area contributed by atoms with E-state index in [9.17, 15) is 4.79 Å². The minimum absolute atomic E-state index is 0.151. The fraction of sp³-hybridized carbons (Fsp3) is 0.941. The second-order valence-electron chi connectivity index (χ2n) is 6.71. The quantitative estimate of drug-likeness (QED) is 0.722. The molecule has 3 unspecified atom stereocenters. The van der Waals surface area contributed by atoms with E-state index in [4.69, 9.17) is 4.74 Å². The number of likely N-dealkylation sites (tertiary alicyclic amines) is 1. The first kappa shape index (κ1) is 19.3. The highest BCUT2D eigenvalue weighted by Gasteiger charge is 2.36. The molecule has 0 N–H and O–H groups in total. The lowest BCUT2D eigenvalue weighted by atomic mass is 9.89. The van der Waals surface area contributed by atoms with Crippen LogP contribution in [-0.4, -0.2) is 29.2 Å². The van der Waals surface area contributed by atoms with E-state index in [-0.39, 0.29) is 6.09 Å². The molecule has 3 heteroatoms. The highest BCUT2D eigenvalue weighted by atomic mass is 16.6. The zero-order valence-corrected chi connectivity index (χ0v) is 14.8. The Labute approximate surface area is 126 Å². The summed E-state index contributed by atoms with van der Waals surface area (Å²) < 4.78 is 5.46. The zero-order chi connectivity index (χ0) is 15.9. The molecule has 1 rings (SSSR count). The Balaban J connectivity index is 0.00000172. The second-order valence-corrected chi connectivity index (χ2v) is 6.71. The van der Waals surface area contributed by atoms with Crippen LogP contribution in [0.3, 0.4) is 0 Å². The lowest BCUT2D eigenvalue weighted by molar-refractivity contribution is 0.0218. The maximum atomic E-state index is 12.1. The van der Waals surface area contributed by atoms with Crippen molar-refractivity contribution in [1.82, 2.24) is 4.90 Å². The van der Waals surface area contributed by atoms with Crippen LogP contribution in [0.1, 0.15) is 74.7 Å². The van der Waals surface area contributed by atoms with Crippen LogP contribution in [-0.2, 0) is 4.74 Å². The van der Waals surface area contributed by atoms with Crippen molar-refractivity contribution in [3.63, 3.8) is 0 Å². The van der Waals surface area contributed by atoms with Crippen molar-refractivity contribution in [2.45, 2.75) is 86.3 Å². The van der Waals surface area contributed by atoms with Crippen LogP contribution in [0.25, 0.3) is 0 Å². The van der Waals surface area contributed by atoms with Gasteiger partial charge in [-0.3, -0.25) is 0 Å². The van der Waals surface area contributed by atoms with Crippen LogP contribution in [0.5, 0.6) is 0 Å². The number of amides is 1. The summed E-state index contributed by atoms with van der Waals surface area (Å²) in [5.41, 5.74) is -0.397. The molecule has 20 heavy (non-hydrogen) atoms. The van der Waals surface area contributed by atoms with Crippen LogP contribution < -0.4 is 0 Å². The van der Waals surface area contributed by atoms with Crippen molar-refractivity contribution >= 4 is 6.09 Å². The summed E-state index contributed by atoms with van der Waals surface area (Å²) in [7, 11) is 0. The third-order valence-electron chi connectivity index (χ3n) is 3.94. The van der Waals surface area contributed by atoms with E-state index in [1.54, 1.807) is 0 Å². The minimum Gasteiger partial charge on any atom is -0.444 e. The number of nitrogens with zero attached hydrogens (tertiary/aromatic N) is 1. The summed E-state index contributed by atoms with van der Waals surface area (Å²) in [5.74, 6) is 1.38. The van der Waals surface area contributed by atoms with Crippen LogP contribution >= 0.6 is 0 Å². The number of carbonyl (C=O) groups excluding carboxylic acids is 1. The standard InChI is InChI=1S/C15H29NO2.C2H6/c1-7-11(2)10-13-8-9-16(12(13)3)14(17)18-15(4,5)6;1-2/h11-13H,7-10H2,1-6H3;1-2H3. The number of hydrogen-bond acceptors (Lipinski definition) is 2. The lowest BCUT2D eigenvalue weighted by Crippen LogP contribution is -2.40. The summed E-state index contributed by atoms with van der Waals surface area (Å²) >= 11 is 0. The van der Waals surface area contributed by atoms with Crippen molar-refractivity contribution in [2.75, 3.05) is 6.54 Å². The van der Waals surface area contributed by atoms with Gasteiger partial charge in [-0.15, -0.1) is 0 Å².